The van der Waals surface area contributed by atoms with Gasteiger partial charge >= 0.3 is 0 Å². The number of halogens is 1. The van der Waals surface area contributed by atoms with Crippen LogP contribution in [0.25, 0.3) is 6.08 Å². The molecule has 0 aromatic heterocycles. The molecular formula is C32H33BrN2O4. The highest BCUT2D eigenvalue weighted by Crippen LogP contribution is 2.45. The first-order chi connectivity index (χ1) is 19.1. The molecule has 1 aliphatic carbocycles. The topological polar surface area (TPSA) is 80.2 Å². The number of hydrogen-bond donors (Lipinski definition) is 2. The monoisotopic (exact) mass is 588 g/mol. The van der Waals surface area contributed by atoms with E-state index in [0.29, 0.717) is 43.6 Å². The van der Waals surface area contributed by atoms with Crippen LogP contribution >= 0.6 is 15.9 Å². The molecule has 1 amide bonds. The van der Waals surface area contributed by atoms with Crippen LogP contribution in [0.2, 0.25) is 0 Å². The zero-order chi connectivity index (χ0) is 27.1. The number of hydrogen-bond acceptors (Lipinski definition) is 5. The van der Waals surface area contributed by atoms with Gasteiger partial charge in [0.25, 0.3) is 5.91 Å². The summed E-state index contributed by atoms with van der Waals surface area (Å²) < 4.78 is 13.1. The Bertz CT molecular complexity index is 1320. The second-order valence-electron chi connectivity index (χ2n) is 9.98. The Balaban J connectivity index is 1.51. The first kappa shape index (κ1) is 27.2. The third kappa shape index (κ3) is 6.60. The molecule has 3 aromatic carbocycles. The van der Waals surface area contributed by atoms with Gasteiger partial charge in [0.2, 0.25) is 5.90 Å². The van der Waals surface area contributed by atoms with Crippen LogP contribution in [0.5, 0.6) is 5.75 Å². The predicted octanol–water partition coefficient (Wildman–Crippen LogP) is 6.10. The summed E-state index contributed by atoms with van der Waals surface area (Å²) in [6.07, 6.45) is 6.65. The van der Waals surface area contributed by atoms with Crippen molar-refractivity contribution in [1.29, 1.82) is 0 Å². The number of rotatable bonds is 12. The highest BCUT2D eigenvalue weighted by molar-refractivity contribution is 9.10. The Morgan fingerprint density at radius 1 is 1.08 bits per heavy atom. The fourth-order valence-corrected chi connectivity index (χ4v) is 5.12. The molecule has 0 bridgehead atoms. The molecule has 3 aromatic rings. The fraction of sp³-hybridized carbons (Fsp3) is 0.312. The van der Waals surface area contributed by atoms with Gasteiger partial charge in [-0.05, 0) is 54.7 Å². The number of carbonyl (C=O) groups is 1. The number of benzene rings is 3. The van der Waals surface area contributed by atoms with Gasteiger partial charge in [0.15, 0.2) is 11.6 Å². The molecule has 0 saturated heterocycles. The fourth-order valence-electron chi connectivity index (χ4n) is 4.63. The molecule has 39 heavy (non-hydrogen) atoms. The molecule has 1 fully saturated rings. The van der Waals surface area contributed by atoms with Crippen LogP contribution in [0.1, 0.15) is 48.5 Å². The van der Waals surface area contributed by atoms with E-state index < -0.39 is 11.6 Å². The summed E-state index contributed by atoms with van der Waals surface area (Å²) in [5.74, 6) is 1.53. The zero-order valence-electron chi connectivity index (χ0n) is 21.8. The largest absolute Gasteiger partial charge is 0.494 e. The van der Waals surface area contributed by atoms with Gasteiger partial charge in [0.05, 0.1) is 6.61 Å². The first-order valence-electron chi connectivity index (χ1n) is 13.4. The van der Waals surface area contributed by atoms with Gasteiger partial charge in [-0.3, -0.25) is 4.79 Å². The van der Waals surface area contributed by atoms with Crippen molar-refractivity contribution in [3.8, 4) is 5.75 Å². The van der Waals surface area contributed by atoms with Crippen LogP contribution in [-0.2, 0) is 9.53 Å². The van der Waals surface area contributed by atoms with E-state index >= 15 is 0 Å². The van der Waals surface area contributed by atoms with Crippen LogP contribution in [0.4, 0.5) is 0 Å². The zero-order valence-corrected chi connectivity index (χ0v) is 23.3. The number of ether oxygens (including phenoxy) is 2. The molecule has 202 valence electrons. The minimum Gasteiger partial charge on any atom is -0.494 e. The van der Waals surface area contributed by atoms with E-state index in [1.807, 2.05) is 91.0 Å². The molecule has 1 saturated carbocycles. The molecule has 7 heteroatoms. The van der Waals surface area contributed by atoms with Crippen molar-refractivity contribution in [2.75, 3.05) is 19.8 Å². The average Bonchev–Trinajstić information content (AvgIpc) is 3.72. The average molecular weight is 590 g/mol. The molecule has 2 aliphatic rings. The summed E-state index contributed by atoms with van der Waals surface area (Å²) in [6.45, 7) is 1.18. The Morgan fingerprint density at radius 3 is 2.54 bits per heavy atom. The third-order valence-corrected chi connectivity index (χ3v) is 7.73. The molecule has 2 N–H and O–H groups in total. The second-order valence-corrected chi connectivity index (χ2v) is 10.8. The third-order valence-electron chi connectivity index (χ3n) is 7.00. The summed E-state index contributed by atoms with van der Waals surface area (Å²) in [7, 11) is 0. The lowest BCUT2D eigenvalue weighted by molar-refractivity contribution is -0.128. The summed E-state index contributed by atoms with van der Waals surface area (Å²) in [5.41, 5.74) is 1.51. The molecule has 6 nitrogen and oxygen atoms in total. The van der Waals surface area contributed by atoms with Crippen LogP contribution in [0.15, 0.2) is 94.4 Å². The van der Waals surface area contributed by atoms with Gasteiger partial charge in [-0.1, -0.05) is 76.6 Å². The Kier molecular flexibility index (Phi) is 8.79. The number of amides is 1. The predicted molar refractivity (Wildman–Crippen MR) is 157 cm³/mol. The van der Waals surface area contributed by atoms with E-state index in [9.17, 15) is 4.79 Å². The van der Waals surface area contributed by atoms with Crippen molar-refractivity contribution in [3.05, 3.63) is 106 Å². The summed E-state index contributed by atoms with van der Waals surface area (Å²) >= 11 is 3.68. The van der Waals surface area contributed by atoms with Crippen LogP contribution in [-0.4, -0.2) is 42.2 Å². The number of aliphatic hydroxyl groups is 1. The highest BCUT2D eigenvalue weighted by Gasteiger charge is 2.53. The minimum atomic E-state index is -1.18. The number of nitrogens with zero attached hydrogens (tertiary/aromatic N) is 1. The van der Waals surface area contributed by atoms with Crippen LogP contribution in [0.3, 0.4) is 0 Å². The standard InChI is InChI=1S/C32H33BrN2O4/c33-28-12-5-4-11-27(28)29-32(31(37)34-22-24-13-14-24,19-6-10-23-8-2-1-3-9-23)35-30(39-29)25-15-17-26(18-16-25)38-21-7-20-36/h1-6,8-12,15-18,24,29,36H,7,13-14,19-22H2,(H,34,37)/b10-6+/t29-,32-/m1/s1. The van der Waals surface area contributed by atoms with Gasteiger partial charge in [-0.2, -0.15) is 0 Å². The Morgan fingerprint density at radius 2 is 1.82 bits per heavy atom. The SMILES string of the molecule is O=C(NCC1CC1)[C@]1(C/C=C/c2ccccc2)N=C(c2ccc(OCCCO)cc2)O[C@@H]1c1ccccc1Br. The highest BCUT2D eigenvalue weighted by atomic mass is 79.9. The maximum absolute atomic E-state index is 14.0. The number of nitrogens with one attached hydrogen (secondary N) is 1. The maximum atomic E-state index is 14.0. The lowest BCUT2D eigenvalue weighted by Crippen LogP contribution is -2.48. The molecule has 0 spiro atoms. The van der Waals surface area contributed by atoms with Crippen molar-refractivity contribution < 1.29 is 19.4 Å². The Hall–Kier alpha value is -3.42. The van der Waals surface area contributed by atoms with Crippen LogP contribution in [0, 0.1) is 5.92 Å². The van der Waals surface area contributed by atoms with Gasteiger partial charge < -0.3 is 19.9 Å². The summed E-state index contributed by atoms with van der Waals surface area (Å²) in [4.78, 5) is 19.1. The van der Waals surface area contributed by atoms with Crippen molar-refractivity contribution >= 4 is 33.8 Å². The molecule has 2 atom stereocenters. The maximum Gasteiger partial charge on any atom is 0.252 e. The van der Waals surface area contributed by atoms with E-state index in [1.54, 1.807) is 0 Å². The molecule has 0 radical (unpaired) electrons. The van der Waals surface area contributed by atoms with E-state index in [4.69, 9.17) is 19.6 Å². The lowest BCUT2D eigenvalue weighted by atomic mass is 9.84. The van der Waals surface area contributed by atoms with Crippen LogP contribution < -0.4 is 10.1 Å². The van der Waals surface area contributed by atoms with Gasteiger partial charge in [-0.15, -0.1) is 0 Å². The van der Waals surface area contributed by atoms with Crippen molar-refractivity contribution in [1.82, 2.24) is 5.32 Å². The van der Waals surface area contributed by atoms with Crippen molar-refractivity contribution in [2.45, 2.75) is 37.3 Å². The van der Waals surface area contributed by atoms with E-state index in [0.717, 1.165) is 34.0 Å². The molecule has 1 aliphatic heterocycles. The van der Waals surface area contributed by atoms with E-state index in [-0.39, 0.29) is 12.5 Å². The molecule has 0 unspecified atom stereocenters. The van der Waals surface area contributed by atoms with Crippen molar-refractivity contribution in [3.63, 3.8) is 0 Å². The van der Waals surface area contributed by atoms with Gasteiger partial charge in [0.1, 0.15) is 5.75 Å². The number of aliphatic hydroxyl groups excluding tert-OH is 1. The second kappa shape index (κ2) is 12.6. The first-order valence-corrected chi connectivity index (χ1v) is 14.2. The van der Waals surface area contributed by atoms with Gasteiger partial charge in [0, 0.05) is 41.6 Å². The minimum absolute atomic E-state index is 0.0861. The lowest BCUT2D eigenvalue weighted by Gasteiger charge is -2.30. The van der Waals surface area contributed by atoms with Gasteiger partial charge in [-0.25, -0.2) is 4.99 Å². The number of carbonyl (C=O) groups excluding carboxylic acids is 1. The van der Waals surface area contributed by atoms with E-state index in [1.165, 1.54) is 0 Å². The smallest absolute Gasteiger partial charge is 0.252 e. The molecular weight excluding hydrogens is 556 g/mol. The number of aliphatic imine (C=N–C) groups is 1. The summed E-state index contributed by atoms with van der Waals surface area (Å²) in [5, 5.41) is 12.2. The van der Waals surface area contributed by atoms with Crippen molar-refractivity contribution in [2.24, 2.45) is 10.9 Å². The molecule has 5 rings (SSSR count). The normalized spacial score (nSPS) is 20.5. The summed E-state index contributed by atoms with van der Waals surface area (Å²) in [6, 6.07) is 25.4. The quantitative estimate of drug-likeness (QED) is 0.251. The van der Waals surface area contributed by atoms with E-state index in [2.05, 4.69) is 21.2 Å². The molecule has 1 heterocycles. The Labute approximate surface area is 237 Å².